The number of carbonyl (C=O) groups is 1. The smallest absolute Gasteiger partial charge is 0.226 e. The molecule has 0 amide bonds. The first-order chi connectivity index (χ1) is 14.2. The zero-order valence-corrected chi connectivity index (χ0v) is 17.0. The summed E-state index contributed by atoms with van der Waals surface area (Å²) in [4.78, 5) is 18.6. The monoisotopic (exact) mass is 408 g/mol. The van der Waals surface area contributed by atoms with Crippen molar-refractivity contribution in [3.8, 4) is 22.2 Å². The molecule has 148 valence electrons. The number of methoxy groups -OCH3 is 2. The van der Waals surface area contributed by atoms with Gasteiger partial charge in [0.25, 0.3) is 0 Å². The van der Waals surface area contributed by atoms with Crippen LogP contribution >= 0.6 is 11.3 Å². The van der Waals surface area contributed by atoms with E-state index in [1.807, 2.05) is 40.4 Å². The molecule has 3 aromatic rings. The zero-order valence-electron chi connectivity index (χ0n) is 16.1. The van der Waals surface area contributed by atoms with Crippen molar-refractivity contribution in [3.05, 3.63) is 52.5 Å². The Morgan fingerprint density at radius 2 is 2.03 bits per heavy atom. The number of allylic oxidation sites excluding steroid dienone is 2. The molecular formula is C21H20N4O3S. The summed E-state index contributed by atoms with van der Waals surface area (Å²) in [5.41, 5.74) is 2.62. The molecule has 0 saturated heterocycles. The Morgan fingerprint density at radius 1 is 1.17 bits per heavy atom. The summed E-state index contributed by atoms with van der Waals surface area (Å²) in [7, 11) is 3.21. The van der Waals surface area contributed by atoms with Gasteiger partial charge in [0.2, 0.25) is 5.95 Å². The van der Waals surface area contributed by atoms with Crippen LogP contribution in [0.4, 0.5) is 5.95 Å². The lowest BCUT2D eigenvalue weighted by Gasteiger charge is -2.32. The van der Waals surface area contributed by atoms with Gasteiger partial charge in [0.1, 0.15) is 6.04 Å². The Morgan fingerprint density at radius 3 is 2.79 bits per heavy atom. The van der Waals surface area contributed by atoms with Gasteiger partial charge >= 0.3 is 0 Å². The number of hydrogen-bond acceptors (Lipinski definition) is 7. The Hall–Kier alpha value is -3.13. The van der Waals surface area contributed by atoms with Crippen LogP contribution < -0.4 is 14.8 Å². The summed E-state index contributed by atoms with van der Waals surface area (Å²) in [6.45, 7) is 0. The summed E-state index contributed by atoms with van der Waals surface area (Å²) < 4.78 is 12.7. The van der Waals surface area contributed by atoms with Crippen LogP contribution in [0.25, 0.3) is 10.7 Å². The van der Waals surface area contributed by atoms with Gasteiger partial charge in [-0.2, -0.15) is 4.98 Å². The molecule has 0 bridgehead atoms. The molecule has 29 heavy (non-hydrogen) atoms. The lowest BCUT2D eigenvalue weighted by atomic mass is 9.85. The zero-order chi connectivity index (χ0) is 20.0. The second-order valence-electron chi connectivity index (χ2n) is 6.99. The Labute approximate surface area is 172 Å². The molecule has 1 unspecified atom stereocenters. The van der Waals surface area contributed by atoms with Gasteiger partial charge in [0, 0.05) is 17.7 Å². The fourth-order valence-corrected chi connectivity index (χ4v) is 4.65. The number of ketones is 1. The standard InChI is InChI=1S/C21H20N4O3S/c1-27-15-9-8-12(11-16(15)28-2)19-18-13(5-3-6-14(18)26)22-21-23-20(24-25(19)21)17-7-4-10-29-17/h4,7-11,19H,3,5-6H2,1-2H3,(H,22,23,24). The van der Waals surface area contributed by atoms with Gasteiger partial charge in [0.05, 0.1) is 19.1 Å². The van der Waals surface area contributed by atoms with E-state index in [0.717, 1.165) is 34.6 Å². The van der Waals surface area contributed by atoms with Crippen molar-refractivity contribution in [2.45, 2.75) is 25.3 Å². The van der Waals surface area contributed by atoms with E-state index in [0.29, 0.717) is 29.7 Å². The Kier molecular flexibility index (Phi) is 4.35. The van der Waals surface area contributed by atoms with E-state index in [9.17, 15) is 4.79 Å². The number of thiophene rings is 1. The largest absolute Gasteiger partial charge is 0.493 e. The normalized spacial score (nSPS) is 18.1. The molecule has 1 aromatic carbocycles. The van der Waals surface area contributed by atoms with Crippen LogP contribution in [0.3, 0.4) is 0 Å². The summed E-state index contributed by atoms with van der Waals surface area (Å²) in [6, 6.07) is 9.36. The number of rotatable bonds is 4. The number of nitrogens with zero attached hydrogens (tertiary/aromatic N) is 3. The van der Waals surface area contributed by atoms with Gasteiger partial charge < -0.3 is 14.8 Å². The topological polar surface area (TPSA) is 78.3 Å². The molecule has 7 nitrogen and oxygen atoms in total. The molecule has 0 fully saturated rings. The summed E-state index contributed by atoms with van der Waals surface area (Å²) in [6.07, 6.45) is 2.22. The van der Waals surface area contributed by atoms with Gasteiger partial charge in [-0.1, -0.05) is 12.1 Å². The van der Waals surface area contributed by atoms with Gasteiger partial charge in [-0.15, -0.1) is 16.4 Å². The summed E-state index contributed by atoms with van der Waals surface area (Å²) >= 11 is 1.59. The lowest BCUT2D eigenvalue weighted by molar-refractivity contribution is -0.116. The van der Waals surface area contributed by atoms with Crippen molar-refractivity contribution in [2.75, 3.05) is 19.5 Å². The number of hydrogen-bond donors (Lipinski definition) is 1. The van der Waals surface area contributed by atoms with Gasteiger partial charge in [-0.05, 0) is 42.0 Å². The van der Waals surface area contributed by atoms with Crippen LogP contribution in [0.2, 0.25) is 0 Å². The third-order valence-electron chi connectivity index (χ3n) is 5.33. The van der Waals surface area contributed by atoms with Gasteiger partial charge in [0.15, 0.2) is 23.1 Å². The minimum absolute atomic E-state index is 0.150. The van der Waals surface area contributed by atoms with Crippen molar-refractivity contribution >= 4 is 23.1 Å². The molecule has 0 saturated carbocycles. The number of aromatic nitrogens is 3. The average Bonchev–Trinajstić information content (AvgIpc) is 3.41. The molecule has 1 N–H and O–H groups in total. The predicted octanol–water partition coefficient (Wildman–Crippen LogP) is 4.05. The van der Waals surface area contributed by atoms with E-state index in [4.69, 9.17) is 19.6 Å². The molecule has 1 aliphatic carbocycles. The number of ether oxygens (including phenoxy) is 2. The predicted molar refractivity (Wildman–Crippen MR) is 111 cm³/mol. The molecule has 2 aliphatic rings. The van der Waals surface area contributed by atoms with Crippen molar-refractivity contribution in [1.29, 1.82) is 0 Å². The number of carbonyl (C=O) groups excluding carboxylic acids is 1. The van der Waals surface area contributed by atoms with E-state index in [1.54, 1.807) is 25.6 Å². The molecule has 0 spiro atoms. The first-order valence-corrected chi connectivity index (χ1v) is 10.3. The highest BCUT2D eigenvalue weighted by atomic mass is 32.1. The van der Waals surface area contributed by atoms with Crippen LogP contribution in [0.5, 0.6) is 11.5 Å². The van der Waals surface area contributed by atoms with Crippen LogP contribution in [0.15, 0.2) is 47.0 Å². The Bertz CT molecular complexity index is 1120. The van der Waals surface area contributed by atoms with Crippen LogP contribution in [-0.2, 0) is 4.79 Å². The molecular weight excluding hydrogens is 388 g/mol. The molecule has 1 atom stereocenters. The van der Waals surface area contributed by atoms with E-state index >= 15 is 0 Å². The highest BCUT2D eigenvalue weighted by molar-refractivity contribution is 7.13. The fraction of sp³-hybridized carbons (Fsp3) is 0.286. The van der Waals surface area contributed by atoms with E-state index in [1.165, 1.54) is 0 Å². The first-order valence-electron chi connectivity index (χ1n) is 9.45. The van der Waals surface area contributed by atoms with Crippen molar-refractivity contribution in [1.82, 2.24) is 14.8 Å². The lowest BCUT2D eigenvalue weighted by Crippen LogP contribution is -2.31. The third-order valence-corrected chi connectivity index (χ3v) is 6.20. The second-order valence-corrected chi connectivity index (χ2v) is 7.94. The van der Waals surface area contributed by atoms with E-state index in [2.05, 4.69) is 5.32 Å². The number of anilines is 1. The SMILES string of the molecule is COc1ccc(C2C3=C(CCCC3=O)Nc3nc(-c4cccs4)nn32)cc1OC. The van der Waals surface area contributed by atoms with Crippen molar-refractivity contribution < 1.29 is 14.3 Å². The van der Waals surface area contributed by atoms with Crippen molar-refractivity contribution in [2.24, 2.45) is 0 Å². The molecule has 1 aliphatic heterocycles. The molecule has 0 radical (unpaired) electrons. The molecule has 2 aromatic heterocycles. The number of nitrogens with one attached hydrogen (secondary N) is 1. The van der Waals surface area contributed by atoms with Gasteiger partial charge in [-0.25, -0.2) is 4.68 Å². The fourth-order valence-electron chi connectivity index (χ4n) is 4.00. The summed E-state index contributed by atoms with van der Waals surface area (Å²) in [5, 5.41) is 10.1. The van der Waals surface area contributed by atoms with Crippen molar-refractivity contribution in [3.63, 3.8) is 0 Å². The van der Waals surface area contributed by atoms with E-state index in [-0.39, 0.29) is 11.8 Å². The maximum absolute atomic E-state index is 12.9. The maximum atomic E-state index is 12.9. The van der Waals surface area contributed by atoms with Gasteiger partial charge in [-0.3, -0.25) is 4.79 Å². The molecule has 5 rings (SSSR count). The first kappa shape index (κ1) is 17.9. The third kappa shape index (κ3) is 2.91. The highest BCUT2D eigenvalue weighted by Gasteiger charge is 2.37. The minimum Gasteiger partial charge on any atom is -0.493 e. The minimum atomic E-state index is -0.352. The number of Topliss-reactive ketones (excluding diaryl/α,β-unsaturated/α-hetero) is 1. The van der Waals surface area contributed by atoms with Crippen LogP contribution in [0, 0.1) is 0 Å². The Balaban J connectivity index is 1.69. The highest BCUT2D eigenvalue weighted by Crippen LogP contribution is 2.42. The molecule has 3 heterocycles. The number of benzene rings is 1. The van der Waals surface area contributed by atoms with E-state index < -0.39 is 0 Å². The van der Waals surface area contributed by atoms with Crippen LogP contribution in [-0.4, -0.2) is 34.8 Å². The number of fused-ring (bicyclic) bond motifs is 1. The second kappa shape index (κ2) is 7.04. The summed E-state index contributed by atoms with van der Waals surface area (Å²) in [5.74, 6) is 2.72. The van der Waals surface area contributed by atoms with Crippen LogP contribution in [0.1, 0.15) is 30.9 Å². The molecule has 8 heteroatoms. The quantitative estimate of drug-likeness (QED) is 0.702. The maximum Gasteiger partial charge on any atom is 0.226 e. The average molecular weight is 408 g/mol.